The van der Waals surface area contributed by atoms with Crippen molar-refractivity contribution in [3.63, 3.8) is 0 Å². The molecule has 1 aromatic heterocycles. The van der Waals surface area contributed by atoms with Gasteiger partial charge in [0, 0.05) is 43.8 Å². The molecule has 0 bridgehead atoms. The Morgan fingerprint density at radius 1 is 1.17 bits per heavy atom. The van der Waals surface area contributed by atoms with E-state index in [9.17, 15) is 5.26 Å². The van der Waals surface area contributed by atoms with Crippen LogP contribution in [0, 0.1) is 11.3 Å². The molecule has 0 radical (unpaired) electrons. The number of rotatable bonds is 3. The van der Waals surface area contributed by atoms with Gasteiger partial charge in [-0.05, 0) is 31.2 Å². The lowest BCUT2D eigenvalue weighted by Gasteiger charge is -2.41. The summed E-state index contributed by atoms with van der Waals surface area (Å²) in [6, 6.07) is 10.5. The lowest BCUT2D eigenvalue weighted by atomic mass is 10.1. The molecule has 1 saturated heterocycles. The van der Waals surface area contributed by atoms with Crippen molar-refractivity contribution in [2.75, 3.05) is 36.5 Å². The van der Waals surface area contributed by atoms with Crippen LogP contribution in [0.1, 0.15) is 12.6 Å². The maximum absolute atomic E-state index is 9.21. The first-order chi connectivity index (χ1) is 11.2. The highest BCUT2D eigenvalue weighted by molar-refractivity contribution is 5.54. The van der Waals surface area contributed by atoms with Gasteiger partial charge in [-0.3, -0.25) is 0 Å². The number of ether oxygens (including phenoxy) is 1. The SMILES string of the molecule is COc1ccc(N2CCN(c3nccnc3C#N)[C@@H](C)C2)cc1. The van der Waals surface area contributed by atoms with Crippen LogP contribution in [0.15, 0.2) is 36.7 Å². The first kappa shape index (κ1) is 15.1. The minimum Gasteiger partial charge on any atom is -0.497 e. The fourth-order valence-electron chi connectivity index (χ4n) is 2.92. The number of nitriles is 1. The number of methoxy groups -OCH3 is 1. The third-order valence-corrected chi connectivity index (χ3v) is 4.12. The highest BCUT2D eigenvalue weighted by Crippen LogP contribution is 2.25. The molecule has 118 valence electrons. The molecule has 2 heterocycles. The second kappa shape index (κ2) is 6.53. The largest absolute Gasteiger partial charge is 0.497 e. The van der Waals surface area contributed by atoms with Gasteiger partial charge in [-0.15, -0.1) is 0 Å². The zero-order chi connectivity index (χ0) is 16.2. The molecular formula is C17H19N5O. The molecule has 23 heavy (non-hydrogen) atoms. The summed E-state index contributed by atoms with van der Waals surface area (Å²) in [5.74, 6) is 1.54. The molecule has 6 heteroatoms. The van der Waals surface area contributed by atoms with Gasteiger partial charge in [0.25, 0.3) is 0 Å². The van der Waals surface area contributed by atoms with Crippen LogP contribution < -0.4 is 14.5 Å². The van der Waals surface area contributed by atoms with Gasteiger partial charge in [0.1, 0.15) is 11.8 Å². The molecule has 1 fully saturated rings. The van der Waals surface area contributed by atoms with Crippen LogP contribution in [0.5, 0.6) is 5.75 Å². The van der Waals surface area contributed by atoms with Crippen molar-refractivity contribution in [3.8, 4) is 11.8 Å². The second-order valence-corrected chi connectivity index (χ2v) is 5.53. The second-order valence-electron chi connectivity index (χ2n) is 5.53. The van der Waals surface area contributed by atoms with Crippen LogP contribution in [0.25, 0.3) is 0 Å². The molecule has 0 saturated carbocycles. The Labute approximate surface area is 136 Å². The summed E-state index contributed by atoms with van der Waals surface area (Å²) in [6.45, 7) is 4.69. The summed E-state index contributed by atoms with van der Waals surface area (Å²) in [5, 5.41) is 9.21. The zero-order valence-electron chi connectivity index (χ0n) is 13.3. The van der Waals surface area contributed by atoms with E-state index in [1.54, 1.807) is 19.5 Å². The molecule has 6 nitrogen and oxygen atoms in total. The van der Waals surface area contributed by atoms with E-state index in [4.69, 9.17) is 4.74 Å². The van der Waals surface area contributed by atoms with Gasteiger partial charge in [-0.25, -0.2) is 9.97 Å². The van der Waals surface area contributed by atoms with Crippen molar-refractivity contribution in [1.29, 1.82) is 5.26 Å². The van der Waals surface area contributed by atoms with Gasteiger partial charge >= 0.3 is 0 Å². The van der Waals surface area contributed by atoms with Crippen molar-refractivity contribution >= 4 is 11.5 Å². The molecular weight excluding hydrogens is 290 g/mol. The standard InChI is InChI=1S/C17H19N5O/c1-13-12-21(14-3-5-15(23-2)6-4-14)9-10-22(13)17-16(11-18)19-7-8-20-17/h3-8,13H,9-10,12H2,1-2H3/t13-/m0/s1. The Morgan fingerprint density at radius 2 is 1.91 bits per heavy atom. The molecule has 1 atom stereocenters. The van der Waals surface area contributed by atoms with E-state index >= 15 is 0 Å². The molecule has 2 aromatic rings. The number of piperazine rings is 1. The van der Waals surface area contributed by atoms with Gasteiger partial charge in [0.2, 0.25) is 0 Å². The van der Waals surface area contributed by atoms with Crippen molar-refractivity contribution < 1.29 is 4.74 Å². The summed E-state index contributed by atoms with van der Waals surface area (Å²) in [5.41, 5.74) is 1.56. The predicted octanol–water partition coefficient (Wildman–Crippen LogP) is 2.07. The smallest absolute Gasteiger partial charge is 0.183 e. The normalized spacial score (nSPS) is 17.7. The van der Waals surface area contributed by atoms with Gasteiger partial charge in [-0.1, -0.05) is 0 Å². The third-order valence-electron chi connectivity index (χ3n) is 4.12. The van der Waals surface area contributed by atoms with E-state index in [0.29, 0.717) is 11.5 Å². The Hall–Kier alpha value is -2.81. The zero-order valence-corrected chi connectivity index (χ0v) is 13.3. The van der Waals surface area contributed by atoms with E-state index in [0.717, 1.165) is 25.4 Å². The van der Waals surface area contributed by atoms with Gasteiger partial charge in [-0.2, -0.15) is 5.26 Å². The lowest BCUT2D eigenvalue weighted by Crippen LogP contribution is -2.52. The predicted molar refractivity (Wildman–Crippen MR) is 88.8 cm³/mol. The molecule has 0 N–H and O–H groups in total. The first-order valence-corrected chi connectivity index (χ1v) is 7.59. The Bertz CT molecular complexity index is 710. The van der Waals surface area contributed by atoms with Crippen LogP contribution >= 0.6 is 0 Å². The third kappa shape index (κ3) is 3.04. The Morgan fingerprint density at radius 3 is 2.57 bits per heavy atom. The van der Waals surface area contributed by atoms with Gasteiger partial charge in [0.15, 0.2) is 11.5 Å². The maximum Gasteiger partial charge on any atom is 0.183 e. The van der Waals surface area contributed by atoms with Gasteiger partial charge < -0.3 is 14.5 Å². The number of aromatic nitrogens is 2. The summed E-state index contributed by atoms with van der Waals surface area (Å²) in [4.78, 5) is 13.0. The molecule has 0 amide bonds. The van der Waals surface area contributed by atoms with Crippen molar-refractivity contribution in [3.05, 3.63) is 42.4 Å². The van der Waals surface area contributed by atoms with Crippen LogP contribution in [0.4, 0.5) is 11.5 Å². The van der Waals surface area contributed by atoms with E-state index in [-0.39, 0.29) is 6.04 Å². The van der Waals surface area contributed by atoms with Crippen molar-refractivity contribution in [2.45, 2.75) is 13.0 Å². The summed E-state index contributed by atoms with van der Waals surface area (Å²) >= 11 is 0. The summed E-state index contributed by atoms with van der Waals surface area (Å²) < 4.78 is 5.21. The number of hydrogen-bond donors (Lipinski definition) is 0. The highest BCUT2D eigenvalue weighted by atomic mass is 16.5. The average molecular weight is 309 g/mol. The molecule has 3 rings (SSSR count). The molecule has 0 unspecified atom stereocenters. The van der Waals surface area contributed by atoms with E-state index in [2.05, 4.69) is 44.9 Å². The topological polar surface area (TPSA) is 65.3 Å². The van der Waals surface area contributed by atoms with E-state index < -0.39 is 0 Å². The lowest BCUT2D eigenvalue weighted by molar-refractivity contribution is 0.414. The summed E-state index contributed by atoms with van der Waals surface area (Å²) in [7, 11) is 1.67. The van der Waals surface area contributed by atoms with Crippen LogP contribution in [0.2, 0.25) is 0 Å². The fraction of sp³-hybridized carbons (Fsp3) is 0.353. The van der Waals surface area contributed by atoms with Crippen molar-refractivity contribution in [1.82, 2.24) is 9.97 Å². The van der Waals surface area contributed by atoms with Gasteiger partial charge in [0.05, 0.1) is 7.11 Å². The molecule has 0 spiro atoms. The van der Waals surface area contributed by atoms with Crippen LogP contribution in [-0.2, 0) is 0 Å². The molecule has 1 aliphatic rings. The molecule has 1 aliphatic heterocycles. The monoisotopic (exact) mass is 309 g/mol. The average Bonchev–Trinajstić information content (AvgIpc) is 2.61. The van der Waals surface area contributed by atoms with E-state index in [1.807, 2.05) is 12.1 Å². The van der Waals surface area contributed by atoms with Crippen LogP contribution in [-0.4, -0.2) is 42.8 Å². The minimum atomic E-state index is 0.245. The number of anilines is 2. The number of benzene rings is 1. The van der Waals surface area contributed by atoms with Crippen molar-refractivity contribution in [2.24, 2.45) is 0 Å². The highest BCUT2D eigenvalue weighted by Gasteiger charge is 2.26. The molecule has 0 aliphatic carbocycles. The van der Waals surface area contributed by atoms with E-state index in [1.165, 1.54) is 5.69 Å². The first-order valence-electron chi connectivity index (χ1n) is 7.59. The summed E-state index contributed by atoms with van der Waals surface area (Å²) in [6.07, 6.45) is 3.19. The number of nitrogens with zero attached hydrogens (tertiary/aromatic N) is 5. The quantitative estimate of drug-likeness (QED) is 0.865. The minimum absolute atomic E-state index is 0.245. The van der Waals surface area contributed by atoms with Crippen LogP contribution in [0.3, 0.4) is 0 Å². The maximum atomic E-state index is 9.21. The number of hydrogen-bond acceptors (Lipinski definition) is 6. The fourth-order valence-corrected chi connectivity index (χ4v) is 2.92. The Balaban J connectivity index is 1.75. The molecule has 1 aromatic carbocycles. The Kier molecular flexibility index (Phi) is 4.29.